The molecule has 2 heterocycles. The van der Waals surface area contributed by atoms with E-state index in [0.717, 1.165) is 15.7 Å². The molecule has 5 nitrogen and oxygen atoms in total. The molecule has 1 N–H and O–H groups in total. The van der Waals surface area contributed by atoms with Crippen LogP contribution in [0.25, 0.3) is 11.3 Å². The van der Waals surface area contributed by atoms with E-state index >= 15 is 0 Å². The first-order valence-corrected chi connectivity index (χ1v) is 10.1. The zero-order valence-corrected chi connectivity index (χ0v) is 15.7. The van der Waals surface area contributed by atoms with Crippen molar-refractivity contribution in [2.24, 2.45) is 4.99 Å². The molecule has 1 aromatic carbocycles. The minimum absolute atomic E-state index is 0.142. The van der Waals surface area contributed by atoms with Crippen molar-refractivity contribution in [3.63, 3.8) is 0 Å². The summed E-state index contributed by atoms with van der Waals surface area (Å²) < 4.78 is 1.66. The van der Waals surface area contributed by atoms with Crippen LogP contribution in [-0.2, 0) is 9.59 Å². The van der Waals surface area contributed by atoms with Crippen LogP contribution in [0, 0.1) is 0 Å². The zero-order chi connectivity index (χ0) is 16.2. The zero-order valence-electron chi connectivity index (χ0n) is 11.6. The van der Waals surface area contributed by atoms with E-state index in [-0.39, 0.29) is 17.6 Å². The molecule has 0 saturated heterocycles. The molecule has 1 aliphatic heterocycles. The normalized spacial score (nSPS) is 14.0. The largest absolute Gasteiger partial charge is 0.301 e. The number of rotatable bonds is 4. The van der Waals surface area contributed by atoms with Gasteiger partial charge in [0.2, 0.25) is 5.91 Å². The topological polar surface area (TPSA) is 71.4 Å². The van der Waals surface area contributed by atoms with Gasteiger partial charge >= 0.3 is 0 Å². The van der Waals surface area contributed by atoms with Gasteiger partial charge in [0.25, 0.3) is 5.91 Å². The lowest BCUT2D eigenvalue weighted by Crippen LogP contribution is -2.14. The fourth-order valence-electron chi connectivity index (χ4n) is 1.73. The van der Waals surface area contributed by atoms with E-state index in [1.807, 2.05) is 29.6 Å². The van der Waals surface area contributed by atoms with Crippen molar-refractivity contribution in [3.8, 4) is 11.3 Å². The van der Waals surface area contributed by atoms with E-state index in [4.69, 9.17) is 0 Å². The van der Waals surface area contributed by atoms with Crippen molar-refractivity contribution in [1.29, 1.82) is 0 Å². The van der Waals surface area contributed by atoms with Crippen LogP contribution in [0.4, 0.5) is 5.13 Å². The molecule has 0 spiro atoms. The Labute approximate surface area is 153 Å². The summed E-state index contributed by atoms with van der Waals surface area (Å²) in [4.78, 5) is 31.2. The number of aliphatic imine (C=N–C) groups is 1. The fourth-order valence-corrected chi connectivity index (χ4v) is 4.39. The number of hydrogen-bond donors (Lipinski definition) is 1. The second kappa shape index (κ2) is 7.61. The van der Waals surface area contributed by atoms with Crippen LogP contribution in [0.3, 0.4) is 0 Å². The summed E-state index contributed by atoms with van der Waals surface area (Å²) in [7, 11) is 0. The van der Waals surface area contributed by atoms with Crippen LogP contribution in [0.5, 0.6) is 0 Å². The van der Waals surface area contributed by atoms with Crippen LogP contribution in [0.15, 0.2) is 39.1 Å². The molecule has 1 aromatic heterocycles. The molecule has 0 saturated carbocycles. The SMILES string of the molecule is O=C1CSC(SCC(=O)Nc2nc(-c3ccc(Br)cc3)cs2)=N1. The molecule has 0 aliphatic carbocycles. The standard InChI is InChI=1S/C14H10BrN3O2S3/c15-9-3-1-8(2-4-9)10-5-21-13(16-10)17-11(19)6-22-14-18-12(20)7-23-14/h1-5H,6-7H2,(H,16,17,19). The van der Waals surface area contributed by atoms with Crippen molar-refractivity contribution in [2.75, 3.05) is 16.8 Å². The number of hydrogen-bond acceptors (Lipinski definition) is 6. The first-order valence-electron chi connectivity index (χ1n) is 6.48. The van der Waals surface area contributed by atoms with Gasteiger partial charge in [-0.25, -0.2) is 4.98 Å². The number of nitrogens with one attached hydrogen (secondary N) is 1. The maximum Gasteiger partial charge on any atom is 0.257 e. The van der Waals surface area contributed by atoms with Crippen LogP contribution in [-0.4, -0.2) is 32.7 Å². The Morgan fingerprint density at radius 2 is 2.13 bits per heavy atom. The smallest absolute Gasteiger partial charge is 0.257 e. The second-order valence-corrected chi connectivity index (χ2v) is 8.40. The quantitative estimate of drug-likeness (QED) is 0.801. The van der Waals surface area contributed by atoms with Crippen molar-refractivity contribution in [1.82, 2.24) is 4.98 Å². The van der Waals surface area contributed by atoms with Crippen LogP contribution >= 0.6 is 50.8 Å². The molecule has 23 heavy (non-hydrogen) atoms. The Morgan fingerprint density at radius 3 is 2.83 bits per heavy atom. The number of thiazole rings is 1. The van der Waals surface area contributed by atoms with E-state index in [9.17, 15) is 9.59 Å². The molecule has 0 radical (unpaired) electrons. The van der Waals surface area contributed by atoms with Crippen molar-refractivity contribution in [2.45, 2.75) is 0 Å². The van der Waals surface area contributed by atoms with Crippen molar-refractivity contribution in [3.05, 3.63) is 34.1 Å². The lowest BCUT2D eigenvalue weighted by molar-refractivity contribution is -0.115. The maximum absolute atomic E-state index is 11.9. The summed E-state index contributed by atoms with van der Waals surface area (Å²) in [6.45, 7) is 0. The number of benzene rings is 1. The predicted molar refractivity (Wildman–Crippen MR) is 101 cm³/mol. The van der Waals surface area contributed by atoms with E-state index in [0.29, 0.717) is 15.3 Å². The summed E-state index contributed by atoms with van der Waals surface area (Å²) in [6.07, 6.45) is 0. The third-order valence-electron chi connectivity index (χ3n) is 2.75. The third kappa shape index (κ3) is 4.66. The van der Waals surface area contributed by atoms with Gasteiger partial charge in [0.05, 0.1) is 17.2 Å². The number of carbonyl (C=O) groups is 2. The number of carbonyl (C=O) groups excluding carboxylic acids is 2. The average molecular weight is 428 g/mol. The highest BCUT2D eigenvalue weighted by Gasteiger charge is 2.17. The summed E-state index contributed by atoms with van der Waals surface area (Å²) in [5.74, 6) is 0.283. The highest BCUT2D eigenvalue weighted by atomic mass is 79.9. The predicted octanol–water partition coefficient (Wildman–Crippen LogP) is 3.87. The molecule has 3 rings (SSSR count). The fraction of sp³-hybridized carbons (Fsp3) is 0.143. The third-order valence-corrected chi connectivity index (χ3v) is 6.22. The van der Waals surface area contributed by atoms with Crippen LogP contribution in [0.2, 0.25) is 0 Å². The molecule has 2 aromatic rings. The number of anilines is 1. The Balaban J connectivity index is 1.56. The minimum atomic E-state index is -0.158. The number of aromatic nitrogens is 1. The lowest BCUT2D eigenvalue weighted by atomic mass is 10.2. The second-order valence-electron chi connectivity index (χ2n) is 4.44. The summed E-state index contributed by atoms with van der Waals surface area (Å²) in [5.41, 5.74) is 1.82. The summed E-state index contributed by atoms with van der Waals surface area (Å²) >= 11 is 7.42. The molecule has 0 fully saturated rings. The number of amides is 2. The van der Waals surface area contributed by atoms with Crippen molar-refractivity contribution < 1.29 is 9.59 Å². The maximum atomic E-state index is 11.9. The van der Waals surface area contributed by atoms with Gasteiger partial charge in [-0.15, -0.1) is 11.3 Å². The van der Waals surface area contributed by atoms with Crippen LogP contribution < -0.4 is 5.32 Å². The van der Waals surface area contributed by atoms with Gasteiger partial charge in [0, 0.05) is 15.4 Å². The van der Waals surface area contributed by atoms with Crippen molar-refractivity contribution >= 4 is 72.1 Å². The van der Waals surface area contributed by atoms with Gasteiger partial charge < -0.3 is 5.32 Å². The summed E-state index contributed by atoms with van der Waals surface area (Å²) in [6, 6.07) is 7.83. The van der Waals surface area contributed by atoms with E-state index in [2.05, 4.69) is 31.2 Å². The van der Waals surface area contributed by atoms with E-state index < -0.39 is 0 Å². The highest BCUT2D eigenvalue weighted by Crippen LogP contribution is 2.27. The van der Waals surface area contributed by atoms with E-state index in [1.165, 1.54) is 34.9 Å². The molecule has 0 atom stereocenters. The Bertz CT molecular complexity index is 774. The highest BCUT2D eigenvalue weighted by molar-refractivity contribution is 9.10. The average Bonchev–Trinajstić information content (AvgIpc) is 3.15. The van der Waals surface area contributed by atoms with Gasteiger partial charge in [-0.3, -0.25) is 9.59 Å². The molecule has 0 unspecified atom stereocenters. The minimum Gasteiger partial charge on any atom is -0.301 e. The molecule has 0 bridgehead atoms. The van der Waals surface area contributed by atoms with Gasteiger partial charge in [-0.05, 0) is 12.1 Å². The Kier molecular flexibility index (Phi) is 5.52. The molecule has 1 aliphatic rings. The van der Waals surface area contributed by atoms with E-state index in [1.54, 1.807) is 0 Å². The molecule has 118 valence electrons. The van der Waals surface area contributed by atoms with Gasteiger partial charge in [-0.2, -0.15) is 4.99 Å². The number of halogens is 1. The Morgan fingerprint density at radius 1 is 1.35 bits per heavy atom. The lowest BCUT2D eigenvalue weighted by Gasteiger charge is -2.01. The molecular formula is C14H10BrN3O2S3. The number of nitrogens with zero attached hydrogens (tertiary/aromatic N) is 2. The van der Waals surface area contributed by atoms with Gasteiger partial charge in [-0.1, -0.05) is 51.6 Å². The van der Waals surface area contributed by atoms with Crippen LogP contribution in [0.1, 0.15) is 0 Å². The first-order chi connectivity index (χ1) is 11.1. The first kappa shape index (κ1) is 16.7. The molecule has 9 heteroatoms. The number of thioether (sulfide) groups is 2. The van der Waals surface area contributed by atoms with Gasteiger partial charge in [0.1, 0.15) is 4.38 Å². The molecule has 2 amide bonds. The monoisotopic (exact) mass is 427 g/mol. The summed E-state index contributed by atoms with van der Waals surface area (Å²) in [5, 5.41) is 5.23. The van der Waals surface area contributed by atoms with Gasteiger partial charge in [0.15, 0.2) is 5.13 Å². The molecular weight excluding hydrogens is 418 g/mol. The Hall–Kier alpha value is -1.16.